The Morgan fingerprint density at radius 1 is 1.27 bits per heavy atom. The zero-order valence-electron chi connectivity index (χ0n) is 13.1. The number of nitrogens with zero attached hydrogens (tertiary/aromatic N) is 4. The van der Waals surface area contributed by atoms with Gasteiger partial charge in [0.05, 0.1) is 11.8 Å². The van der Waals surface area contributed by atoms with Crippen molar-refractivity contribution in [2.24, 2.45) is 11.8 Å². The molecule has 1 N–H and O–H groups in total. The number of amides is 1. The second-order valence-corrected chi connectivity index (χ2v) is 5.76. The fraction of sp³-hybridized carbons (Fsp3) is 0.429. The van der Waals surface area contributed by atoms with Crippen LogP contribution in [0.3, 0.4) is 0 Å². The molecule has 8 nitrogen and oxygen atoms in total. The molecule has 26 heavy (non-hydrogen) atoms. The minimum Gasteiger partial charge on any atom is -0.481 e. The number of fused-ring (bicyclic) bond motifs is 1. The third-order valence-corrected chi connectivity index (χ3v) is 4.18. The van der Waals surface area contributed by atoms with Crippen LogP contribution in [-0.4, -0.2) is 55.3 Å². The lowest BCUT2D eigenvalue weighted by molar-refractivity contribution is -0.188. The van der Waals surface area contributed by atoms with E-state index in [1.165, 1.54) is 10.6 Å². The van der Waals surface area contributed by atoms with Crippen molar-refractivity contribution in [2.75, 3.05) is 13.1 Å². The van der Waals surface area contributed by atoms with E-state index in [1.807, 2.05) is 0 Å². The number of carboxylic acid groups (broad SMARTS) is 1. The van der Waals surface area contributed by atoms with Gasteiger partial charge in [0.2, 0.25) is 5.91 Å². The van der Waals surface area contributed by atoms with Gasteiger partial charge in [-0.05, 0) is 12.1 Å². The van der Waals surface area contributed by atoms with Gasteiger partial charge in [0.1, 0.15) is 6.54 Å². The summed E-state index contributed by atoms with van der Waals surface area (Å²) in [5, 5.41) is 12.9. The van der Waals surface area contributed by atoms with Crippen molar-refractivity contribution in [3.8, 4) is 0 Å². The first-order valence-corrected chi connectivity index (χ1v) is 7.30. The van der Waals surface area contributed by atoms with E-state index >= 15 is 0 Å². The molecule has 2 atom stereocenters. The molecule has 0 spiro atoms. The minimum absolute atomic E-state index is 0. The summed E-state index contributed by atoms with van der Waals surface area (Å²) in [6.45, 7) is -1.86. The number of likely N-dealkylation sites (tertiary alicyclic amines) is 1. The predicted octanol–water partition coefficient (Wildman–Crippen LogP) is 0.639. The Bertz CT molecular complexity index is 894. The molecule has 0 aromatic carbocycles. The first-order chi connectivity index (χ1) is 11.7. The van der Waals surface area contributed by atoms with Gasteiger partial charge in [-0.1, -0.05) is 6.07 Å². The third kappa shape index (κ3) is 3.52. The lowest BCUT2D eigenvalue weighted by atomic mass is 9.96. The number of carboxylic acids is 1. The number of halogens is 4. The zero-order valence-corrected chi connectivity index (χ0v) is 13.9. The highest BCUT2D eigenvalue weighted by Gasteiger charge is 2.53. The average molecular weight is 395 g/mol. The second-order valence-electron chi connectivity index (χ2n) is 5.76. The van der Waals surface area contributed by atoms with E-state index in [2.05, 4.69) is 5.10 Å². The van der Waals surface area contributed by atoms with E-state index in [9.17, 15) is 27.6 Å². The lowest BCUT2D eigenvalue weighted by Gasteiger charge is -2.18. The quantitative estimate of drug-likeness (QED) is 0.824. The van der Waals surface area contributed by atoms with Crippen LogP contribution in [0, 0.1) is 11.8 Å². The predicted molar refractivity (Wildman–Crippen MR) is 84.0 cm³/mol. The lowest BCUT2D eigenvalue weighted by Crippen LogP contribution is -2.36. The van der Waals surface area contributed by atoms with Gasteiger partial charge in [-0.15, -0.1) is 17.5 Å². The number of hydrogen-bond acceptors (Lipinski definition) is 4. The largest absolute Gasteiger partial charge is 0.481 e. The fourth-order valence-electron chi connectivity index (χ4n) is 2.89. The van der Waals surface area contributed by atoms with Crippen LogP contribution < -0.4 is 5.69 Å². The van der Waals surface area contributed by atoms with Gasteiger partial charge in [-0.25, -0.2) is 9.48 Å². The summed E-state index contributed by atoms with van der Waals surface area (Å²) in [5.41, 5.74) is -0.316. The first-order valence-electron chi connectivity index (χ1n) is 7.30. The number of carbonyl (C=O) groups excluding carboxylic acids is 1. The van der Waals surface area contributed by atoms with Crippen molar-refractivity contribution >= 4 is 29.9 Å². The van der Waals surface area contributed by atoms with Crippen LogP contribution in [-0.2, 0) is 16.1 Å². The molecule has 142 valence electrons. The Kier molecular flexibility index (Phi) is 5.31. The minimum atomic E-state index is -4.72. The monoisotopic (exact) mass is 394 g/mol. The van der Waals surface area contributed by atoms with Gasteiger partial charge in [0.25, 0.3) is 0 Å². The fourth-order valence-corrected chi connectivity index (χ4v) is 2.89. The summed E-state index contributed by atoms with van der Waals surface area (Å²) in [7, 11) is 0. The molecule has 3 heterocycles. The maximum absolute atomic E-state index is 13.0. The smallest absolute Gasteiger partial charge is 0.394 e. The van der Waals surface area contributed by atoms with E-state index in [0.717, 1.165) is 9.58 Å². The zero-order chi connectivity index (χ0) is 18.4. The Balaban J connectivity index is 0.00000243. The van der Waals surface area contributed by atoms with E-state index in [-0.39, 0.29) is 12.4 Å². The summed E-state index contributed by atoms with van der Waals surface area (Å²) in [6, 6.07) is 4.77. The topological polar surface area (TPSA) is 96.9 Å². The van der Waals surface area contributed by atoms with Crippen LogP contribution in [0.2, 0.25) is 0 Å². The molecule has 0 radical (unpaired) electrons. The standard InChI is InChI=1S/C14H13F3N4O4.ClH/c15-14(16,17)9-6-19(5-8(9)12(23)24)11(22)7-21-13(25)20-4-2-1-3-10(20)18-21;/h1-4,8-9H,5-7H2,(H,23,24);1H/t8-,9-;/m1./s1. The number of carbonyl (C=O) groups is 2. The average Bonchev–Trinajstić information content (AvgIpc) is 3.11. The summed E-state index contributed by atoms with van der Waals surface area (Å²) in [4.78, 5) is 36.2. The Labute approximate surface area is 150 Å². The number of pyridine rings is 1. The Hall–Kier alpha value is -2.56. The molecule has 2 aromatic heterocycles. The molecule has 12 heteroatoms. The highest BCUT2D eigenvalue weighted by molar-refractivity contribution is 5.85. The SMILES string of the molecule is Cl.O=C(O)[C@@H]1CN(C(=O)Cn2nc3ccccn3c2=O)C[C@H]1C(F)(F)F. The molecule has 1 aliphatic rings. The van der Waals surface area contributed by atoms with Crippen molar-refractivity contribution < 1.29 is 27.9 Å². The first kappa shape index (κ1) is 19.8. The molecular formula is C14H14ClF3N4O4. The van der Waals surface area contributed by atoms with Crippen LogP contribution in [0.4, 0.5) is 13.2 Å². The highest BCUT2D eigenvalue weighted by atomic mass is 35.5. The number of alkyl halides is 3. The molecule has 1 aliphatic heterocycles. The van der Waals surface area contributed by atoms with Gasteiger partial charge in [-0.3, -0.25) is 14.0 Å². The summed E-state index contributed by atoms with van der Waals surface area (Å²) in [5.74, 6) is -6.25. The molecule has 0 unspecified atom stereocenters. The summed E-state index contributed by atoms with van der Waals surface area (Å²) >= 11 is 0. The molecule has 3 rings (SSSR count). The molecule has 0 bridgehead atoms. The maximum Gasteiger partial charge on any atom is 0.394 e. The van der Waals surface area contributed by atoms with E-state index < -0.39 is 55.2 Å². The van der Waals surface area contributed by atoms with Crippen molar-refractivity contribution in [2.45, 2.75) is 12.7 Å². The van der Waals surface area contributed by atoms with Gasteiger partial charge in [0, 0.05) is 19.3 Å². The number of aromatic nitrogens is 3. The molecule has 1 fully saturated rings. The van der Waals surface area contributed by atoms with Crippen LogP contribution >= 0.6 is 12.4 Å². The Morgan fingerprint density at radius 2 is 1.96 bits per heavy atom. The molecule has 1 amide bonds. The van der Waals surface area contributed by atoms with Crippen molar-refractivity contribution in [3.05, 3.63) is 34.9 Å². The van der Waals surface area contributed by atoms with Gasteiger partial charge < -0.3 is 10.0 Å². The Morgan fingerprint density at radius 3 is 2.50 bits per heavy atom. The van der Waals surface area contributed by atoms with Crippen molar-refractivity contribution in [1.82, 2.24) is 19.1 Å². The van der Waals surface area contributed by atoms with E-state index in [0.29, 0.717) is 5.65 Å². The van der Waals surface area contributed by atoms with Crippen LogP contribution in [0.1, 0.15) is 0 Å². The number of rotatable bonds is 3. The van der Waals surface area contributed by atoms with Gasteiger partial charge in [0.15, 0.2) is 5.65 Å². The molecule has 1 saturated heterocycles. The normalized spacial score (nSPS) is 20.2. The summed E-state index contributed by atoms with van der Waals surface area (Å²) < 4.78 is 40.9. The van der Waals surface area contributed by atoms with Crippen LogP contribution in [0.5, 0.6) is 0 Å². The number of hydrogen-bond donors (Lipinski definition) is 1. The van der Waals surface area contributed by atoms with Crippen LogP contribution in [0.15, 0.2) is 29.2 Å². The molecule has 2 aromatic rings. The third-order valence-electron chi connectivity index (χ3n) is 4.18. The summed E-state index contributed by atoms with van der Waals surface area (Å²) in [6.07, 6.45) is -3.28. The van der Waals surface area contributed by atoms with Crippen molar-refractivity contribution in [1.29, 1.82) is 0 Å². The van der Waals surface area contributed by atoms with Crippen molar-refractivity contribution in [3.63, 3.8) is 0 Å². The molecule has 0 aliphatic carbocycles. The van der Waals surface area contributed by atoms with Gasteiger partial charge in [-0.2, -0.15) is 13.2 Å². The highest BCUT2D eigenvalue weighted by Crippen LogP contribution is 2.37. The van der Waals surface area contributed by atoms with Gasteiger partial charge >= 0.3 is 17.8 Å². The van der Waals surface area contributed by atoms with E-state index in [4.69, 9.17) is 5.11 Å². The van der Waals surface area contributed by atoms with E-state index in [1.54, 1.807) is 18.2 Å². The second kappa shape index (κ2) is 6.98. The maximum atomic E-state index is 13.0. The molecular weight excluding hydrogens is 381 g/mol. The van der Waals surface area contributed by atoms with Crippen LogP contribution in [0.25, 0.3) is 5.65 Å². The number of aliphatic carboxylic acids is 1. The molecule has 0 saturated carbocycles.